The number of carbonyl (C=O) groups excluding carboxylic acids is 3. The van der Waals surface area contributed by atoms with Crippen molar-refractivity contribution in [3.63, 3.8) is 0 Å². The fraction of sp³-hybridized carbons (Fsp3) is 0.241. The molecular weight excluding hydrogens is 1170 g/mol. The van der Waals surface area contributed by atoms with Gasteiger partial charge in [0.05, 0.1) is 51.8 Å². The van der Waals surface area contributed by atoms with E-state index in [1.165, 1.54) is 50.2 Å². The zero-order valence-electron chi connectivity index (χ0n) is 44.6. The van der Waals surface area contributed by atoms with E-state index in [-0.39, 0.29) is 66.5 Å². The van der Waals surface area contributed by atoms with Crippen molar-refractivity contribution in [2.24, 2.45) is 4.99 Å². The van der Waals surface area contributed by atoms with Gasteiger partial charge in [-0.05, 0) is 127 Å². The predicted octanol–water partition coefficient (Wildman–Crippen LogP) is 10.3. The molecule has 0 spiro atoms. The highest BCUT2D eigenvalue weighted by molar-refractivity contribution is 7.93. The lowest BCUT2D eigenvalue weighted by atomic mass is 10.1. The van der Waals surface area contributed by atoms with Crippen molar-refractivity contribution >= 4 is 90.6 Å². The maximum absolute atomic E-state index is 15.8. The average molecular weight is 1220 g/mol. The third-order valence-corrected chi connectivity index (χ3v) is 14.4. The molecule has 0 unspecified atom stereocenters. The van der Waals surface area contributed by atoms with Crippen molar-refractivity contribution in [1.29, 1.82) is 0 Å². The smallest absolute Gasteiger partial charge is 0.461 e. The van der Waals surface area contributed by atoms with E-state index in [0.717, 1.165) is 42.5 Å². The number of rotatable bonds is 23. The van der Waals surface area contributed by atoms with E-state index in [1.807, 2.05) is 0 Å². The van der Waals surface area contributed by atoms with Crippen LogP contribution in [0.2, 0.25) is 5.02 Å². The molecular formula is C54H52ClF6N7O13S2. The second kappa shape index (κ2) is 24.8. The van der Waals surface area contributed by atoms with Gasteiger partial charge in [0.2, 0.25) is 0 Å². The average Bonchev–Trinajstić information content (AvgIpc) is 2.83. The zero-order chi connectivity index (χ0) is 61.7. The number of nitrogens with two attached hydrogens (primary N) is 2. The van der Waals surface area contributed by atoms with Gasteiger partial charge in [0, 0.05) is 46.0 Å². The molecule has 442 valence electrons. The number of aliphatic imine (C=N–C) groups is 1. The van der Waals surface area contributed by atoms with Crippen molar-refractivity contribution in [3.8, 4) is 28.7 Å². The second-order valence-electron chi connectivity index (χ2n) is 19.9. The number of carboxylic acid groups (broad SMARTS) is 1. The Labute approximate surface area is 476 Å². The number of aryl methyl sites for hydroxylation is 1. The molecule has 6 rings (SSSR count). The van der Waals surface area contributed by atoms with Gasteiger partial charge in [0.15, 0.2) is 17.2 Å². The van der Waals surface area contributed by atoms with Crippen molar-refractivity contribution in [3.05, 3.63) is 142 Å². The molecule has 0 aliphatic heterocycles. The summed E-state index contributed by atoms with van der Waals surface area (Å²) in [6.07, 6.45) is -10.6. The quantitative estimate of drug-likeness (QED) is 0.0136. The van der Waals surface area contributed by atoms with Crippen molar-refractivity contribution in [2.45, 2.75) is 87.8 Å². The highest BCUT2D eigenvalue weighted by Gasteiger charge is 2.44. The van der Waals surface area contributed by atoms with Crippen LogP contribution in [0.25, 0.3) is 0 Å². The normalized spacial score (nSPS) is 12.0. The Bertz CT molecular complexity index is 3790. The maximum atomic E-state index is 15.8. The summed E-state index contributed by atoms with van der Waals surface area (Å²) in [5.41, 5.74) is 7.74. The van der Waals surface area contributed by atoms with Crippen LogP contribution in [0.3, 0.4) is 0 Å². The van der Waals surface area contributed by atoms with E-state index in [4.69, 9.17) is 42.4 Å². The van der Waals surface area contributed by atoms with E-state index in [2.05, 4.69) is 36.5 Å². The summed E-state index contributed by atoms with van der Waals surface area (Å²) in [6, 6.07) is 16.6. The maximum Gasteiger partial charge on any atom is 0.461 e. The number of esters is 1. The molecule has 83 heavy (non-hydrogen) atoms. The Morgan fingerprint density at radius 2 is 1.22 bits per heavy atom. The first-order valence-corrected chi connectivity index (χ1v) is 27.4. The monoisotopic (exact) mass is 1220 g/mol. The van der Waals surface area contributed by atoms with Crippen LogP contribution < -0.4 is 45.8 Å². The highest BCUT2D eigenvalue weighted by Crippen LogP contribution is 2.40. The van der Waals surface area contributed by atoms with Gasteiger partial charge in [-0.15, -0.1) is 0 Å². The topological polar surface area (TPSA) is 306 Å². The molecule has 0 atom stereocenters. The number of hydrogen-bond acceptors (Lipinski definition) is 15. The molecule has 6 aromatic carbocycles. The van der Waals surface area contributed by atoms with E-state index in [0.29, 0.717) is 23.8 Å². The minimum Gasteiger partial charge on any atom is -0.481 e. The van der Waals surface area contributed by atoms with Gasteiger partial charge in [-0.25, -0.2) is 25.6 Å². The Morgan fingerprint density at radius 3 is 1.76 bits per heavy atom. The molecule has 0 aliphatic rings. The summed E-state index contributed by atoms with van der Waals surface area (Å²) in [5.74, 6) is -8.30. The first-order chi connectivity index (χ1) is 38.5. The Balaban J connectivity index is 1.19. The third kappa shape index (κ3) is 16.5. The van der Waals surface area contributed by atoms with Crippen LogP contribution in [0.4, 0.5) is 54.8 Å². The van der Waals surface area contributed by atoms with Gasteiger partial charge in [-0.1, -0.05) is 17.7 Å². The molecule has 20 nitrogen and oxygen atoms in total. The van der Waals surface area contributed by atoms with E-state index < -0.39 is 126 Å². The number of carbonyl (C=O) groups is 4. The minimum atomic E-state index is -4.94. The molecule has 6 aromatic rings. The Kier molecular flexibility index (Phi) is 18.9. The van der Waals surface area contributed by atoms with Gasteiger partial charge >= 0.3 is 24.5 Å². The lowest BCUT2D eigenvalue weighted by Gasteiger charge is -2.26. The second-order valence-corrected chi connectivity index (χ2v) is 23.6. The lowest BCUT2D eigenvalue weighted by molar-refractivity contribution is -0.253. The molecule has 2 amide bonds. The number of hydrogen-bond donors (Lipinski definition) is 7. The number of ether oxygens (including phenoxy) is 4. The summed E-state index contributed by atoms with van der Waals surface area (Å²) >= 11 is 6.50. The summed E-state index contributed by atoms with van der Waals surface area (Å²) in [5, 5.41) is 14.2. The first kappa shape index (κ1) is 63.4. The number of carboxylic acids is 1. The number of sulfonamides is 2. The Morgan fingerprint density at radius 1 is 0.687 bits per heavy atom. The molecule has 0 aliphatic carbocycles. The number of aliphatic carboxylic acids is 1. The molecule has 0 heterocycles. The van der Waals surface area contributed by atoms with Crippen LogP contribution in [0.1, 0.15) is 72.0 Å². The van der Waals surface area contributed by atoms with Crippen LogP contribution in [0.15, 0.2) is 112 Å². The largest absolute Gasteiger partial charge is 0.481 e. The van der Waals surface area contributed by atoms with Gasteiger partial charge < -0.3 is 46.2 Å². The fourth-order valence-electron chi connectivity index (χ4n) is 7.42. The molecule has 0 aromatic heterocycles. The van der Waals surface area contributed by atoms with Gasteiger partial charge in [-0.3, -0.25) is 33.6 Å². The molecule has 29 heteroatoms. The van der Waals surface area contributed by atoms with Crippen molar-refractivity contribution in [1.82, 2.24) is 10.6 Å². The van der Waals surface area contributed by atoms with Crippen LogP contribution in [0, 0.1) is 18.6 Å². The number of nitrogen functional groups attached to an aromatic ring is 2. The third-order valence-electron chi connectivity index (χ3n) is 11.3. The van der Waals surface area contributed by atoms with Crippen molar-refractivity contribution < 1.29 is 86.4 Å². The molecule has 0 saturated carbocycles. The number of nitrogens with zero attached hydrogens (tertiary/aromatic N) is 1. The summed E-state index contributed by atoms with van der Waals surface area (Å²) in [6.45, 7) is 12.5. The Hall–Kier alpha value is -8.76. The zero-order valence-corrected chi connectivity index (χ0v) is 46.9. The van der Waals surface area contributed by atoms with Crippen molar-refractivity contribution in [2.75, 3.05) is 27.5 Å². The number of nitrogens with one attached hydrogen (secondary N) is 4. The lowest BCUT2D eigenvalue weighted by Crippen LogP contribution is -2.47. The molecule has 0 bridgehead atoms. The molecule has 9 N–H and O–H groups in total. The minimum absolute atomic E-state index is 0.0197. The predicted molar refractivity (Wildman–Crippen MR) is 294 cm³/mol. The number of amides is 2. The summed E-state index contributed by atoms with van der Waals surface area (Å²) in [7, 11) is -9.38. The van der Waals surface area contributed by atoms with E-state index in [9.17, 15) is 58.0 Å². The fourth-order valence-corrected chi connectivity index (χ4v) is 10.0. The van der Waals surface area contributed by atoms with Crippen LogP contribution >= 0.6 is 11.6 Å². The van der Waals surface area contributed by atoms with Crippen LogP contribution in [-0.4, -0.2) is 82.6 Å². The first-order valence-electron chi connectivity index (χ1n) is 24.1. The summed E-state index contributed by atoms with van der Waals surface area (Å²) in [4.78, 5) is 54.2. The van der Waals surface area contributed by atoms with E-state index >= 15 is 4.39 Å². The highest BCUT2D eigenvalue weighted by atomic mass is 35.5. The van der Waals surface area contributed by atoms with Gasteiger partial charge in [0.1, 0.15) is 39.5 Å². The van der Waals surface area contributed by atoms with Gasteiger partial charge in [-0.2, -0.15) is 17.6 Å². The van der Waals surface area contributed by atoms with E-state index in [1.54, 1.807) is 27.7 Å². The standard InChI is InChI=1S/C54H52ClF6N7O13S2/c1-27-8-14-46(40(16-27)64-7)83(76,77)68-39-20-29(10-13-42(39)80-44-25-35(57)31(18-36(44)62)21-47(69)70)50(73)66-53(5,6)26-78-48(71)22-30-17-33(55)43(24-34(30)56)79-41-12-9-28(49(72)65-52(2,3)4)19-38(41)67-82(74,75)45-15-11-32(23-37(45)63)81-54(60,61)51(58)59/h8-20,23-25,51,67-68H,7,21-22,26,62-63H2,1-6H3,(H,65,72)(H,66,73)(H,69,70). The molecule has 0 saturated heterocycles. The number of halogens is 7. The van der Waals surface area contributed by atoms with Gasteiger partial charge in [0.25, 0.3) is 31.9 Å². The number of alkyl halides is 4. The van der Waals surface area contributed by atoms with Crippen LogP contribution in [0.5, 0.6) is 28.7 Å². The number of anilines is 4. The molecule has 0 fully saturated rings. The van der Waals surface area contributed by atoms with Crippen LogP contribution in [-0.2, 0) is 47.2 Å². The summed E-state index contributed by atoms with van der Waals surface area (Å²) < 4.78 is 164. The SMILES string of the molecule is C=Nc1cc(C)ccc1S(=O)(=O)Nc1cc(C(=O)NC(C)(C)COC(=O)Cc2cc(Cl)c(Oc3ccc(C(=O)NC(C)(C)C)cc3NS(=O)(=O)c3ccc(OC(F)(F)C(F)F)cc3N)cc2F)ccc1Oc1cc(F)c(CC(=O)O)cc1N. The number of benzene rings is 6. The molecule has 0 radical (unpaired) electrons.